The molecule has 19 heavy (non-hydrogen) atoms. The van der Waals surface area contributed by atoms with Gasteiger partial charge in [-0.1, -0.05) is 12.1 Å². The second kappa shape index (κ2) is 4.90. The van der Waals surface area contributed by atoms with Crippen LogP contribution in [0.15, 0.2) is 30.5 Å². The number of nitrogens with zero attached hydrogens (tertiary/aromatic N) is 1. The van der Waals surface area contributed by atoms with Crippen molar-refractivity contribution in [1.82, 2.24) is 15.6 Å². The lowest BCUT2D eigenvalue weighted by atomic mass is 9.99. The summed E-state index contributed by atoms with van der Waals surface area (Å²) < 4.78 is 38.0. The van der Waals surface area contributed by atoms with Crippen molar-refractivity contribution in [1.29, 1.82) is 0 Å². The van der Waals surface area contributed by atoms with Gasteiger partial charge in [-0.25, -0.2) is 5.43 Å². The highest BCUT2D eigenvalue weighted by molar-refractivity contribution is 5.45. The molecule has 0 radical (unpaired) electrons. The van der Waals surface area contributed by atoms with Crippen LogP contribution in [0.2, 0.25) is 0 Å². The van der Waals surface area contributed by atoms with Crippen molar-refractivity contribution >= 4 is 5.82 Å². The molecule has 0 spiro atoms. The van der Waals surface area contributed by atoms with Crippen LogP contribution < -0.4 is 17.0 Å². The summed E-state index contributed by atoms with van der Waals surface area (Å²) in [6, 6.07) is 4.21. The molecule has 1 heterocycles. The number of halogens is 3. The topological polar surface area (TPSA) is 92.7 Å². The number of alkyl halides is 3. The highest BCUT2D eigenvalue weighted by Crippen LogP contribution is 2.32. The average Bonchev–Trinajstić information content (AvgIpc) is 2.76. The third-order valence-corrected chi connectivity index (χ3v) is 2.72. The van der Waals surface area contributed by atoms with Gasteiger partial charge in [0.25, 0.3) is 0 Å². The Labute approximate surface area is 106 Å². The van der Waals surface area contributed by atoms with Crippen molar-refractivity contribution < 1.29 is 13.2 Å². The lowest BCUT2D eigenvalue weighted by Crippen LogP contribution is -2.29. The number of hydrazine groups is 1. The maximum Gasteiger partial charge on any atom is 0.416 e. The van der Waals surface area contributed by atoms with Gasteiger partial charge in [-0.3, -0.25) is 10.9 Å². The number of anilines is 1. The molecule has 0 saturated heterocycles. The third kappa shape index (κ3) is 2.69. The maximum atomic E-state index is 12.7. The fraction of sp³-hybridized carbons (Fsp3) is 0.182. The summed E-state index contributed by atoms with van der Waals surface area (Å²) in [6.07, 6.45) is -2.99. The van der Waals surface area contributed by atoms with E-state index >= 15 is 0 Å². The summed E-state index contributed by atoms with van der Waals surface area (Å²) in [6.45, 7) is 0. The summed E-state index contributed by atoms with van der Waals surface area (Å²) in [4.78, 5) is 0. The lowest BCUT2D eigenvalue weighted by molar-refractivity contribution is -0.137. The van der Waals surface area contributed by atoms with E-state index in [0.29, 0.717) is 11.1 Å². The second-order valence-corrected chi connectivity index (χ2v) is 3.96. The van der Waals surface area contributed by atoms with Gasteiger partial charge < -0.3 is 5.73 Å². The molecule has 1 unspecified atom stereocenters. The number of rotatable bonds is 3. The van der Waals surface area contributed by atoms with Gasteiger partial charge >= 0.3 is 6.18 Å². The Hall–Kier alpha value is -2.06. The van der Waals surface area contributed by atoms with E-state index in [1.807, 2.05) is 0 Å². The minimum absolute atomic E-state index is 0.250. The van der Waals surface area contributed by atoms with Crippen molar-refractivity contribution in [3.05, 3.63) is 47.2 Å². The summed E-state index contributed by atoms with van der Waals surface area (Å²) in [5, 5.41) is 6.23. The molecule has 102 valence electrons. The molecule has 8 heteroatoms. The Balaban J connectivity index is 2.42. The highest BCUT2D eigenvalue weighted by Gasteiger charge is 2.31. The highest BCUT2D eigenvalue weighted by atomic mass is 19.4. The normalized spacial score (nSPS) is 13.5. The lowest BCUT2D eigenvalue weighted by Gasteiger charge is -2.17. The van der Waals surface area contributed by atoms with E-state index in [4.69, 9.17) is 11.6 Å². The summed E-state index contributed by atoms with van der Waals surface area (Å²) in [7, 11) is 0. The SMILES string of the molecule is NNC(c1cccc(C(F)(F)F)c1)c1cn[nH]c1N. The number of nitrogen functional groups attached to an aromatic ring is 1. The number of nitrogens with one attached hydrogen (secondary N) is 2. The Kier molecular flexibility index (Phi) is 3.45. The first-order valence-electron chi connectivity index (χ1n) is 5.35. The molecule has 2 aromatic rings. The molecular weight excluding hydrogens is 259 g/mol. The Bertz CT molecular complexity index is 563. The molecule has 5 nitrogen and oxygen atoms in total. The molecule has 1 aromatic heterocycles. The number of H-pyrrole nitrogens is 1. The van der Waals surface area contributed by atoms with Gasteiger partial charge in [0.05, 0.1) is 17.8 Å². The number of aromatic nitrogens is 2. The monoisotopic (exact) mass is 271 g/mol. The van der Waals surface area contributed by atoms with E-state index in [0.717, 1.165) is 12.1 Å². The summed E-state index contributed by atoms with van der Waals surface area (Å²) in [5.74, 6) is 5.65. The van der Waals surface area contributed by atoms with Crippen molar-refractivity contribution in [3.8, 4) is 0 Å². The van der Waals surface area contributed by atoms with Gasteiger partial charge in [0.15, 0.2) is 0 Å². The zero-order valence-corrected chi connectivity index (χ0v) is 9.70. The summed E-state index contributed by atoms with van der Waals surface area (Å²) in [5.41, 5.74) is 8.17. The van der Waals surface area contributed by atoms with E-state index < -0.39 is 17.8 Å². The van der Waals surface area contributed by atoms with Crippen molar-refractivity contribution in [2.45, 2.75) is 12.2 Å². The van der Waals surface area contributed by atoms with E-state index in [9.17, 15) is 13.2 Å². The van der Waals surface area contributed by atoms with E-state index in [1.54, 1.807) is 0 Å². The van der Waals surface area contributed by atoms with Gasteiger partial charge in [-0.05, 0) is 17.7 Å². The van der Waals surface area contributed by atoms with E-state index in [1.165, 1.54) is 18.3 Å². The van der Waals surface area contributed by atoms with Crippen LogP contribution in [0.25, 0.3) is 0 Å². The van der Waals surface area contributed by atoms with Crippen molar-refractivity contribution in [3.63, 3.8) is 0 Å². The molecule has 2 rings (SSSR count). The molecule has 1 aromatic carbocycles. The maximum absolute atomic E-state index is 12.7. The standard InChI is InChI=1S/C11H12F3N5/c12-11(13,14)7-3-1-2-6(4-7)9(18-16)8-5-17-19-10(8)15/h1-5,9,18H,16H2,(H3,15,17,19). The largest absolute Gasteiger partial charge is 0.416 e. The van der Waals surface area contributed by atoms with Crippen LogP contribution in [0.1, 0.15) is 22.7 Å². The number of aromatic amines is 1. The van der Waals surface area contributed by atoms with Gasteiger partial charge in [-0.2, -0.15) is 18.3 Å². The van der Waals surface area contributed by atoms with E-state index in [2.05, 4.69) is 15.6 Å². The molecular formula is C11H12F3N5. The van der Waals surface area contributed by atoms with Gasteiger partial charge in [-0.15, -0.1) is 0 Å². The van der Waals surface area contributed by atoms with Gasteiger partial charge in [0, 0.05) is 5.56 Å². The molecule has 0 fully saturated rings. The fourth-order valence-electron chi connectivity index (χ4n) is 1.80. The van der Waals surface area contributed by atoms with Gasteiger partial charge in [0.2, 0.25) is 0 Å². The van der Waals surface area contributed by atoms with Crippen molar-refractivity contribution in [2.75, 3.05) is 5.73 Å². The minimum atomic E-state index is -4.41. The van der Waals surface area contributed by atoms with Crippen LogP contribution in [-0.2, 0) is 6.18 Å². The molecule has 0 saturated carbocycles. The van der Waals surface area contributed by atoms with Crippen LogP contribution in [0, 0.1) is 0 Å². The predicted octanol–water partition coefficient (Wildman–Crippen LogP) is 1.56. The van der Waals surface area contributed by atoms with Crippen LogP contribution in [0.4, 0.5) is 19.0 Å². The van der Waals surface area contributed by atoms with Crippen molar-refractivity contribution in [2.24, 2.45) is 5.84 Å². The first-order chi connectivity index (χ1) is 8.93. The first kappa shape index (κ1) is 13.4. The molecule has 6 N–H and O–H groups in total. The zero-order chi connectivity index (χ0) is 14.0. The Morgan fingerprint density at radius 2 is 2.05 bits per heavy atom. The average molecular weight is 271 g/mol. The third-order valence-electron chi connectivity index (χ3n) is 2.72. The number of benzene rings is 1. The first-order valence-corrected chi connectivity index (χ1v) is 5.35. The Morgan fingerprint density at radius 1 is 1.32 bits per heavy atom. The van der Waals surface area contributed by atoms with Crippen LogP contribution in [-0.4, -0.2) is 10.2 Å². The number of nitrogens with two attached hydrogens (primary N) is 2. The zero-order valence-electron chi connectivity index (χ0n) is 9.70. The van der Waals surface area contributed by atoms with Crippen LogP contribution in [0.5, 0.6) is 0 Å². The molecule has 0 aliphatic carbocycles. The van der Waals surface area contributed by atoms with Crippen LogP contribution >= 0.6 is 0 Å². The smallest absolute Gasteiger partial charge is 0.384 e. The fourth-order valence-corrected chi connectivity index (χ4v) is 1.80. The molecule has 0 aliphatic rings. The van der Waals surface area contributed by atoms with E-state index in [-0.39, 0.29) is 5.82 Å². The summed E-state index contributed by atoms with van der Waals surface area (Å²) >= 11 is 0. The predicted molar refractivity (Wildman–Crippen MR) is 63.6 cm³/mol. The molecule has 0 amide bonds. The number of hydrogen-bond acceptors (Lipinski definition) is 4. The molecule has 0 aliphatic heterocycles. The molecule has 1 atom stereocenters. The second-order valence-electron chi connectivity index (χ2n) is 3.96. The minimum Gasteiger partial charge on any atom is -0.384 e. The molecule has 0 bridgehead atoms. The van der Waals surface area contributed by atoms with Gasteiger partial charge in [0.1, 0.15) is 5.82 Å². The quantitative estimate of drug-likeness (QED) is 0.503. The number of hydrogen-bond donors (Lipinski definition) is 4. The van der Waals surface area contributed by atoms with Crippen LogP contribution in [0.3, 0.4) is 0 Å². The Morgan fingerprint density at radius 3 is 2.58 bits per heavy atom.